The van der Waals surface area contributed by atoms with Crippen molar-refractivity contribution in [3.63, 3.8) is 0 Å². The Morgan fingerprint density at radius 2 is 1.92 bits per heavy atom. The zero-order chi connectivity index (χ0) is 18.7. The van der Waals surface area contributed by atoms with Crippen LogP contribution in [0.3, 0.4) is 0 Å². The number of nitrogens with zero attached hydrogens (tertiary/aromatic N) is 1. The molecule has 0 bridgehead atoms. The number of ketones is 1. The lowest BCUT2D eigenvalue weighted by Gasteiger charge is -2.09. The number of hydrogen-bond acceptors (Lipinski definition) is 4. The maximum Gasteiger partial charge on any atom is 0.255 e. The third-order valence-electron chi connectivity index (χ3n) is 3.94. The SMILES string of the molecule is COc1c(C(=O)NCC(=O)Cc2ccc(F)cc2)ccc2[nH]c(C)nc12. The van der Waals surface area contributed by atoms with Gasteiger partial charge in [0.15, 0.2) is 11.5 Å². The Labute approximate surface area is 149 Å². The molecule has 134 valence electrons. The van der Waals surface area contributed by atoms with Gasteiger partial charge < -0.3 is 15.0 Å². The van der Waals surface area contributed by atoms with E-state index in [0.29, 0.717) is 28.2 Å². The molecule has 1 aromatic heterocycles. The first kappa shape index (κ1) is 17.6. The molecule has 0 aliphatic heterocycles. The highest BCUT2D eigenvalue weighted by Gasteiger charge is 2.18. The number of aryl methyl sites for hydroxylation is 1. The number of H-pyrrole nitrogens is 1. The van der Waals surface area contributed by atoms with Crippen LogP contribution >= 0.6 is 0 Å². The second-order valence-corrected chi connectivity index (χ2v) is 5.89. The van der Waals surface area contributed by atoms with E-state index in [1.165, 1.54) is 19.2 Å². The van der Waals surface area contributed by atoms with Gasteiger partial charge in [-0.05, 0) is 36.8 Å². The number of hydrogen-bond donors (Lipinski definition) is 2. The summed E-state index contributed by atoms with van der Waals surface area (Å²) in [5, 5.41) is 2.60. The molecule has 3 aromatic rings. The van der Waals surface area contributed by atoms with Gasteiger partial charge in [0.25, 0.3) is 5.91 Å². The van der Waals surface area contributed by atoms with Crippen molar-refractivity contribution in [3.8, 4) is 5.75 Å². The van der Waals surface area contributed by atoms with Gasteiger partial charge >= 0.3 is 0 Å². The molecule has 0 fully saturated rings. The highest BCUT2D eigenvalue weighted by atomic mass is 19.1. The molecule has 0 aliphatic carbocycles. The zero-order valence-electron chi connectivity index (χ0n) is 14.4. The normalized spacial score (nSPS) is 10.7. The van der Waals surface area contributed by atoms with Crippen LogP contribution in [-0.4, -0.2) is 35.3 Å². The summed E-state index contributed by atoms with van der Waals surface area (Å²) in [7, 11) is 1.47. The van der Waals surface area contributed by atoms with Crippen LogP contribution < -0.4 is 10.1 Å². The van der Waals surface area contributed by atoms with Crippen molar-refractivity contribution in [1.29, 1.82) is 0 Å². The number of amides is 1. The first-order valence-electron chi connectivity index (χ1n) is 8.05. The van der Waals surface area contributed by atoms with Crippen molar-refractivity contribution in [2.75, 3.05) is 13.7 Å². The summed E-state index contributed by atoms with van der Waals surface area (Å²) in [5.74, 6) is 0.115. The van der Waals surface area contributed by atoms with Gasteiger partial charge in [-0.2, -0.15) is 0 Å². The third kappa shape index (κ3) is 3.72. The van der Waals surface area contributed by atoms with Gasteiger partial charge in [-0.3, -0.25) is 9.59 Å². The predicted molar refractivity (Wildman–Crippen MR) is 94.8 cm³/mol. The van der Waals surface area contributed by atoms with Gasteiger partial charge in [0.2, 0.25) is 0 Å². The number of rotatable bonds is 6. The van der Waals surface area contributed by atoms with E-state index >= 15 is 0 Å². The number of ether oxygens (including phenoxy) is 1. The second kappa shape index (κ2) is 7.35. The van der Waals surface area contributed by atoms with Gasteiger partial charge in [-0.25, -0.2) is 9.37 Å². The van der Waals surface area contributed by atoms with Gasteiger partial charge in [0, 0.05) is 6.42 Å². The summed E-state index contributed by atoms with van der Waals surface area (Å²) < 4.78 is 18.2. The number of imidazole rings is 1. The molecule has 1 amide bonds. The van der Waals surface area contributed by atoms with Crippen molar-refractivity contribution < 1.29 is 18.7 Å². The summed E-state index contributed by atoms with van der Waals surface area (Å²) in [6.45, 7) is 1.68. The standard InChI is InChI=1S/C19H18FN3O3/c1-11-22-16-8-7-15(18(26-2)17(16)23-11)19(25)21-10-14(24)9-12-3-5-13(20)6-4-12/h3-8H,9-10H2,1-2H3,(H,21,25)(H,22,23). The summed E-state index contributed by atoms with van der Waals surface area (Å²) in [6, 6.07) is 9.06. The number of aromatic nitrogens is 2. The largest absolute Gasteiger partial charge is 0.494 e. The van der Waals surface area contributed by atoms with Gasteiger partial charge in [-0.1, -0.05) is 12.1 Å². The van der Waals surface area contributed by atoms with Crippen LogP contribution in [0.2, 0.25) is 0 Å². The first-order valence-corrected chi connectivity index (χ1v) is 8.05. The molecule has 0 radical (unpaired) electrons. The van der Waals surface area contributed by atoms with Crippen molar-refractivity contribution in [3.05, 3.63) is 59.2 Å². The van der Waals surface area contributed by atoms with Crippen LogP contribution in [-0.2, 0) is 11.2 Å². The van der Waals surface area contributed by atoms with Crippen LogP contribution in [0.15, 0.2) is 36.4 Å². The van der Waals surface area contributed by atoms with Gasteiger partial charge in [-0.15, -0.1) is 0 Å². The molecular formula is C19H18FN3O3. The van der Waals surface area contributed by atoms with E-state index in [0.717, 1.165) is 5.52 Å². The lowest BCUT2D eigenvalue weighted by atomic mass is 10.1. The molecule has 2 N–H and O–H groups in total. The number of methoxy groups -OCH3 is 1. The van der Waals surface area contributed by atoms with Crippen LogP contribution in [0.5, 0.6) is 5.75 Å². The molecule has 6 nitrogen and oxygen atoms in total. The fraction of sp³-hybridized carbons (Fsp3) is 0.211. The van der Waals surface area contributed by atoms with E-state index in [1.807, 2.05) is 6.92 Å². The molecule has 0 aliphatic rings. The van der Waals surface area contributed by atoms with Gasteiger partial charge in [0.05, 0.1) is 24.7 Å². The molecule has 1 heterocycles. The van der Waals surface area contributed by atoms with Crippen LogP contribution in [0, 0.1) is 12.7 Å². The van der Waals surface area contributed by atoms with Crippen molar-refractivity contribution in [1.82, 2.24) is 15.3 Å². The van der Waals surface area contributed by atoms with Crippen molar-refractivity contribution in [2.45, 2.75) is 13.3 Å². The first-order chi connectivity index (χ1) is 12.5. The number of benzene rings is 2. The fourth-order valence-corrected chi connectivity index (χ4v) is 2.73. The maximum absolute atomic E-state index is 12.9. The van der Waals surface area contributed by atoms with E-state index in [-0.39, 0.29) is 24.6 Å². The van der Waals surface area contributed by atoms with E-state index < -0.39 is 5.91 Å². The molecule has 26 heavy (non-hydrogen) atoms. The van der Waals surface area contributed by atoms with Crippen LogP contribution in [0.1, 0.15) is 21.7 Å². The van der Waals surface area contributed by atoms with Crippen LogP contribution in [0.25, 0.3) is 11.0 Å². The summed E-state index contributed by atoms with van der Waals surface area (Å²) >= 11 is 0. The number of aromatic amines is 1. The average Bonchev–Trinajstić information content (AvgIpc) is 3.01. The van der Waals surface area contributed by atoms with Crippen molar-refractivity contribution in [2.24, 2.45) is 0 Å². The average molecular weight is 355 g/mol. The predicted octanol–water partition coefficient (Wildman–Crippen LogP) is 2.56. The molecule has 0 atom stereocenters. The Morgan fingerprint density at radius 3 is 2.62 bits per heavy atom. The highest BCUT2D eigenvalue weighted by molar-refractivity contribution is 6.03. The minimum Gasteiger partial charge on any atom is -0.494 e. The Morgan fingerprint density at radius 1 is 1.19 bits per heavy atom. The quantitative estimate of drug-likeness (QED) is 0.712. The highest BCUT2D eigenvalue weighted by Crippen LogP contribution is 2.28. The summed E-state index contributed by atoms with van der Waals surface area (Å²) in [5.41, 5.74) is 2.33. The van der Waals surface area contributed by atoms with Gasteiger partial charge in [0.1, 0.15) is 17.2 Å². The molecule has 3 rings (SSSR count). The Bertz CT molecular complexity index is 964. The third-order valence-corrected chi connectivity index (χ3v) is 3.94. The molecule has 7 heteroatoms. The van der Waals surface area contributed by atoms with Crippen LogP contribution in [0.4, 0.5) is 4.39 Å². The van der Waals surface area contributed by atoms with E-state index in [4.69, 9.17) is 4.74 Å². The van der Waals surface area contributed by atoms with E-state index in [1.54, 1.807) is 24.3 Å². The van der Waals surface area contributed by atoms with E-state index in [2.05, 4.69) is 15.3 Å². The Kier molecular flexibility index (Phi) is 4.97. The smallest absolute Gasteiger partial charge is 0.255 e. The monoisotopic (exact) mass is 355 g/mol. The molecule has 0 spiro atoms. The number of carbonyl (C=O) groups excluding carboxylic acids is 2. The van der Waals surface area contributed by atoms with E-state index in [9.17, 15) is 14.0 Å². The molecule has 0 saturated carbocycles. The second-order valence-electron chi connectivity index (χ2n) is 5.89. The minimum absolute atomic E-state index is 0.120. The number of Topliss-reactive ketones (excluding diaryl/α,β-unsaturated/α-hetero) is 1. The maximum atomic E-state index is 12.9. The lowest BCUT2D eigenvalue weighted by molar-refractivity contribution is -0.117. The zero-order valence-corrected chi connectivity index (χ0v) is 14.4. The Balaban J connectivity index is 1.69. The van der Waals surface area contributed by atoms with Crippen molar-refractivity contribution >= 4 is 22.7 Å². The number of fused-ring (bicyclic) bond motifs is 1. The lowest BCUT2D eigenvalue weighted by Crippen LogP contribution is -2.30. The number of carbonyl (C=O) groups is 2. The molecule has 2 aromatic carbocycles. The summed E-state index contributed by atoms with van der Waals surface area (Å²) in [4.78, 5) is 31.9. The molecule has 0 unspecified atom stereocenters. The minimum atomic E-state index is -0.420. The molecule has 0 saturated heterocycles. The molecular weight excluding hydrogens is 337 g/mol. The fourth-order valence-electron chi connectivity index (χ4n) is 2.73. The number of halogens is 1. The Hall–Kier alpha value is -3.22. The number of nitrogens with one attached hydrogen (secondary N) is 2. The summed E-state index contributed by atoms with van der Waals surface area (Å²) in [6.07, 6.45) is 0.120. The topological polar surface area (TPSA) is 84.1 Å².